The third kappa shape index (κ3) is 3.04. The molecule has 0 saturated carbocycles. The fourth-order valence-corrected chi connectivity index (χ4v) is 2.16. The van der Waals surface area contributed by atoms with Gasteiger partial charge in [-0.2, -0.15) is 5.26 Å². The van der Waals surface area contributed by atoms with Gasteiger partial charge in [-0.25, -0.2) is 4.39 Å². The lowest BCUT2D eigenvalue weighted by Gasteiger charge is -2.34. The van der Waals surface area contributed by atoms with Gasteiger partial charge in [-0.1, -0.05) is 12.1 Å². The van der Waals surface area contributed by atoms with Crippen molar-refractivity contribution < 1.29 is 4.39 Å². The highest BCUT2D eigenvalue weighted by Crippen LogP contribution is 2.30. The molecule has 1 heterocycles. The predicted octanol–water partition coefficient (Wildman–Crippen LogP) is 2.95. The van der Waals surface area contributed by atoms with Gasteiger partial charge in [0.15, 0.2) is 0 Å². The number of hydrogen-bond donors (Lipinski definition) is 0. The Morgan fingerprint density at radius 2 is 1.88 bits per heavy atom. The summed E-state index contributed by atoms with van der Waals surface area (Å²) in [5.74, 6) is -0.190. The van der Waals surface area contributed by atoms with E-state index in [9.17, 15) is 4.39 Å². The van der Waals surface area contributed by atoms with Crippen LogP contribution in [0.15, 0.2) is 24.3 Å². The SMILES string of the molecule is CC1(C#N)CCN(Cc2ccc(F)cc2)CC1. The van der Waals surface area contributed by atoms with Gasteiger partial charge in [0, 0.05) is 6.54 Å². The number of halogens is 1. The van der Waals surface area contributed by atoms with Gasteiger partial charge in [0.1, 0.15) is 5.82 Å². The molecule has 1 aromatic rings. The lowest BCUT2D eigenvalue weighted by atomic mass is 9.82. The molecular formula is C14H17FN2. The highest BCUT2D eigenvalue weighted by molar-refractivity contribution is 5.16. The Labute approximate surface area is 102 Å². The molecule has 3 heteroatoms. The zero-order valence-corrected chi connectivity index (χ0v) is 10.1. The summed E-state index contributed by atoms with van der Waals surface area (Å²) in [5, 5.41) is 9.05. The molecule has 0 bridgehead atoms. The second kappa shape index (κ2) is 4.85. The molecule has 0 atom stereocenters. The minimum absolute atomic E-state index is 0.153. The van der Waals surface area contributed by atoms with E-state index in [1.54, 1.807) is 0 Å². The Balaban J connectivity index is 1.90. The number of likely N-dealkylation sites (tertiary alicyclic amines) is 1. The molecule has 1 saturated heterocycles. The van der Waals surface area contributed by atoms with Crippen LogP contribution < -0.4 is 0 Å². The molecule has 0 unspecified atom stereocenters. The standard InChI is InChI=1S/C14H17FN2/c1-14(11-16)6-8-17(9-7-14)10-12-2-4-13(15)5-3-12/h2-5H,6-10H2,1H3. The molecule has 90 valence electrons. The van der Waals surface area contributed by atoms with Crippen molar-refractivity contribution in [2.75, 3.05) is 13.1 Å². The topological polar surface area (TPSA) is 27.0 Å². The minimum Gasteiger partial charge on any atom is -0.299 e. The van der Waals surface area contributed by atoms with E-state index in [0.717, 1.165) is 38.0 Å². The van der Waals surface area contributed by atoms with E-state index in [0.29, 0.717) is 0 Å². The largest absolute Gasteiger partial charge is 0.299 e. The quantitative estimate of drug-likeness (QED) is 0.784. The summed E-state index contributed by atoms with van der Waals surface area (Å²) in [6.45, 7) is 4.77. The van der Waals surface area contributed by atoms with Crippen molar-refractivity contribution in [1.82, 2.24) is 4.90 Å². The Bertz CT molecular complexity index is 411. The van der Waals surface area contributed by atoms with Crippen molar-refractivity contribution in [3.05, 3.63) is 35.6 Å². The molecule has 1 aliphatic rings. The number of piperidine rings is 1. The first-order chi connectivity index (χ1) is 8.11. The molecule has 1 aromatic carbocycles. The van der Waals surface area contributed by atoms with Crippen LogP contribution in [0.3, 0.4) is 0 Å². The Hall–Kier alpha value is -1.40. The molecule has 0 N–H and O–H groups in total. The van der Waals surface area contributed by atoms with Crippen LogP contribution in [0.5, 0.6) is 0 Å². The van der Waals surface area contributed by atoms with Crippen molar-refractivity contribution in [3.63, 3.8) is 0 Å². The minimum atomic E-state index is -0.190. The summed E-state index contributed by atoms with van der Waals surface area (Å²) in [5.41, 5.74) is 0.978. The smallest absolute Gasteiger partial charge is 0.123 e. The molecule has 0 aromatic heterocycles. The summed E-state index contributed by atoms with van der Waals surface area (Å²) in [7, 11) is 0. The molecular weight excluding hydrogens is 215 g/mol. The van der Waals surface area contributed by atoms with Gasteiger partial charge in [0.05, 0.1) is 11.5 Å². The lowest BCUT2D eigenvalue weighted by molar-refractivity contribution is 0.150. The Morgan fingerprint density at radius 3 is 2.41 bits per heavy atom. The highest BCUT2D eigenvalue weighted by Gasteiger charge is 2.29. The number of benzene rings is 1. The van der Waals surface area contributed by atoms with Gasteiger partial charge in [0.2, 0.25) is 0 Å². The third-order valence-electron chi connectivity index (χ3n) is 3.55. The first-order valence-electron chi connectivity index (χ1n) is 5.99. The molecule has 0 spiro atoms. The molecule has 1 fully saturated rings. The van der Waals surface area contributed by atoms with Gasteiger partial charge in [-0.3, -0.25) is 4.90 Å². The Morgan fingerprint density at radius 1 is 1.29 bits per heavy atom. The molecule has 2 nitrogen and oxygen atoms in total. The highest BCUT2D eigenvalue weighted by atomic mass is 19.1. The van der Waals surface area contributed by atoms with E-state index in [1.807, 2.05) is 19.1 Å². The van der Waals surface area contributed by atoms with E-state index in [2.05, 4.69) is 11.0 Å². The molecule has 1 aliphatic heterocycles. The van der Waals surface area contributed by atoms with E-state index < -0.39 is 0 Å². The number of nitrogens with zero attached hydrogens (tertiary/aromatic N) is 2. The van der Waals surface area contributed by atoms with E-state index >= 15 is 0 Å². The normalized spacial score (nSPS) is 19.8. The number of nitriles is 1. The average Bonchev–Trinajstić information content (AvgIpc) is 2.35. The van der Waals surface area contributed by atoms with Crippen LogP contribution in [-0.2, 0) is 6.54 Å². The zero-order chi connectivity index (χ0) is 12.3. The van der Waals surface area contributed by atoms with Crippen LogP contribution in [-0.4, -0.2) is 18.0 Å². The third-order valence-corrected chi connectivity index (χ3v) is 3.55. The fraction of sp³-hybridized carbons (Fsp3) is 0.500. The molecule has 0 aliphatic carbocycles. The van der Waals surface area contributed by atoms with Gasteiger partial charge >= 0.3 is 0 Å². The molecule has 0 amide bonds. The van der Waals surface area contributed by atoms with Gasteiger partial charge in [-0.15, -0.1) is 0 Å². The lowest BCUT2D eigenvalue weighted by Crippen LogP contribution is -2.37. The van der Waals surface area contributed by atoms with Crippen LogP contribution in [0.4, 0.5) is 4.39 Å². The summed E-state index contributed by atoms with van der Waals surface area (Å²) in [4.78, 5) is 2.33. The monoisotopic (exact) mass is 232 g/mol. The summed E-state index contributed by atoms with van der Waals surface area (Å²) in [6.07, 6.45) is 1.84. The van der Waals surface area contributed by atoms with Crippen molar-refractivity contribution in [2.24, 2.45) is 5.41 Å². The van der Waals surface area contributed by atoms with Crippen molar-refractivity contribution >= 4 is 0 Å². The number of rotatable bonds is 2. The maximum atomic E-state index is 12.8. The maximum absolute atomic E-state index is 12.8. The summed E-state index contributed by atoms with van der Waals surface area (Å²) >= 11 is 0. The second-order valence-corrected chi connectivity index (χ2v) is 5.08. The predicted molar refractivity (Wildman–Crippen MR) is 64.6 cm³/mol. The van der Waals surface area contributed by atoms with Crippen LogP contribution in [0.2, 0.25) is 0 Å². The second-order valence-electron chi connectivity index (χ2n) is 5.08. The average molecular weight is 232 g/mol. The van der Waals surface area contributed by atoms with E-state index in [-0.39, 0.29) is 11.2 Å². The first-order valence-corrected chi connectivity index (χ1v) is 5.99. The molecule has 17 heavy (non-hydrogen) atoms. The van der Waals surface area contributed by atoms with Crippen LogP contribution in [0.1, 0.15) is 25.3 Å². The van der Waals surface area contributed by atoms with Crippen molar-refractivity contribution in [3.8, 4) is 6.07 Å². The summed E-state index contributed by atoms with van der Waals surface area (Å²) < 4.78 is 12.8. The van der Waals surface area contributed by atoms with Crippen LogP contribution >= 0.6 is 0 Å². The molecule has 0 radical (unpaired) electrons. The van der Waals surface area contributed by atoms with E-state index in [4.69, 9.17) is 5.26 Å². The molecule has 2 rings (SSSR count). The van der Waals surface area contributed by atoms with E-state index in [1.165, 1.54) is 12.1 Å². The summed E-state index contributed by atoms with van der Waals surface area (Å²) in [6, 6.07) is 9.05. The van der Waals surface area contributed by atoms with Gasteiger partial charge in [0.25, 0.3) is 0 Å². The maximum Gasteiger partial charge on any atom is 0.123 e. The van der Waals surface area contributed by atoms with Crippen LogP contribution in [0.25, 0.3) is 0 Å². The van der Waals surface area contributed by atoms with Crippen molar-refractivity contribution in [2.45, 2.75) is 26.3 Å². The van der Waals surface area contributed by atoms with Crippen molar-refractivity contribution in [1.29, 1.82) is 5.26 Å². The van der Waals surface area contributed by atoms with Gasteiger partial charge in [-0.05, 0) is 50.6 Å². The van der Waals surface area contributed by atoms with Gasteiger partial charge < -0.3 is 0 Å². The number of hydrogen-bond acceptors (Lipinski definition) is 2. The van der Waals surface area contributed by atoms with Crippen LogP contribution in [0, 0.1) is 22.6 Å². The zero-order valence-electron chi connectivity index (χ0n) is 10.1. The fourth-order valence-electron chi connectivity index (χ4n) is 2.16. The Kier molecular flexibility index (Phi) is 3.44. The first kappa shape index (κ1) is 12.1.